The van der Waals surface area contributed by atoms with Gasteiger partial charge in [0, 0.05) is 31.4 Å². The average molecular weight is 222 g/mol. The quantitative estimate of drug-likeness (QED) is 0.793. The molecule has 0 aromatic carbocycles. The SMILES string of the molecule is CCCN(CCN)c1cc(CC)nc(C)n1. The molecule has 0 spiro atoms. The van der Waals surface area contributed by atoms with Crippen molar-refractivity contribution >= 4 is 5.82 Å². The summed E-state index contributed by atoms with van der Waals surface area (Å²) in [7, 11) is 0. The van der Waals surface area contributed by atoms with Crippen LogP contribution in [0.15, 0.2) is 6.07 Å². The van der Waals surface area contributed by atoms with E-state index in [4.69, 9.17) is 5.73 Å². The number of nitrogens with two attached hydrogens (primary N) is 1. The minimum atomic E-state index is 0.657. The van der Waals surface area contributed by atoms with Gasteiger partial charge in [-0.25, -0.2) is 9.97 Å². The molecule has 2 N–H and O–H groups in total. The Morgan fingerprint density at radius 3 is 2.56 bits per heavy atom. The predicted octanol–water partition coefficient (Wildman–Crippen LogP) is 1.52. The van der Waals surface area contributed by atoms with Gasteiger partial charge in [0.1, 0.15) is 11.6 Å². The zero-order valence-corrected chi connectivity index (χ0v) is 10.5. The van der Waals surface area contributed by atoms with Gasteiger partial charge in [0.25, 0.3) is 0 Å². The van der Waals surface area contributed by atoms with Crippen LogP contribution in [-0.4, -0.2) is 29.6 Å². The number of nitrogens with zero attached hydrogens (tertiary/aromatic N) is 3. The van der Waals surface area contributed by atoms with E-state index in [9.17, 15) is 0 Å². The molecule has 0 bridgehead atoms. The van der Waals surface area contributed by atoms with E-state index < -0.39 is 0 Å². The van der Waals surface area contributed by atoms with Crippen molar-refractivity contribution in [3.8, 4) is 0 Å². The van der Waals surface area contributed by atoms with Crippen LogP contribution in [-0.2, 0) is 6.42 Å². The first-order valence-corrected chi connectivity index (χ1v) is 6.00. The van der Waals surface area contributed by atoms with E-state index in [2.05, 4.69) is 34.8 Å². The van der Waals surface area contributed by atoms with Crippen molar-refractivity contribution in [2.75, 3.05) is 24.5 Å². The predicted molar refractivity (Wildman–Crippen MR) is 67.7 cm³/mol. The first kappa shape index (κ1) is 12.9. The molecule has 0 saturated heterocycles. The van der Waals surface area contributed by atoms with Gasteiger partial charge in [-0.1, -0.05) is 13.8 Å². The minimum absolute atomic E-state index is 0.657. The van der Waals surface area contributed by atoms with Crippen molar-refractivity contribution in [1.82, 2.24) is 9.97 Å². The zero-order chi connectivity index (χ0) is 12.0. The molecule has 0 unspecified atom stereocenters. The maximum absolute atomic E-state index is 5.62. The maximum Gasteiger partial charge on any atom is 0.132 e. The molecule has 0 saturated carbocycles. The summed E-state index contributed by atoms with van der Waals surface area (Å²) < 4.78 is 0. The molecule has 16 heavy (non-hydrogen) atoms. The standard InChI is InChI=1S/C12H22N4/c1-4-7-16(8-6-13)12-9-11(5-2)14-10(3)15-12/h9H,4-8,13H2,1-3H3. The molecule has 0 aliphatic rings. The van der Waals surface area contributed by atoms with Crippen LogP contribution in [0.25, 0.3) is 0 Å². The Bertz CT molecular complexity index is 319. The van der Waals surface area contributed by atoms with Crippen LogP contribution in [0.3, 0.4) is 0 Å². The molecule has 1 aromatic heterocycles. The second-order valence-corrected chi connectivity index (χ2v) is 3.89. The Hall–Kier alpha value is -1.16. The summed E-state index contributed by atoms with van der Waals surface area (Å²) in [5.41, 5.74) is 6.72. The van der Waals surface area contributed by atoms with Crippen LogP contribution < -0.4 is 10.6 Å². The molecule has 4 nitrogen and oxygen atoms in total. The van der Waals surface area contributed by atoms with Crippen molar-refractivity contribution in [1.29, 1.82) is 0 Å². The van der Waals surface area contributed by atoms with E-state index in [-0.39, 0.29) is 0 Å². The Kier molecular flexibility index (Phi) is 5.19. The summed E-state index contributed by atoms with van der Waals surface area (Å²) in [5, 5.41) is 0. The monoisotopic (exact) mass is 222 g/mol. The molecule has 1 heterocycles. The first-order chi connectivity index (χ1) is 7.71. The van der Waals surface area contributed by atoms with E-state index >= 15 is 0 Å². The summed E-state index contributed by atoms with van der Waals surface area (Å²) >= 11 is 0. The summed E-state index contributed by atoms with van der Waals surface area (Å²) in [6.45, 7) is 8.72. The average Bonchev–Trinajstić information content (AvgIpc) is 2.28. The van der Waals surface area contributed by atoms with Crippen LogP contribution in [0.1, 0.15) is 31.8 Å². The highest BCUT2D eigenvalue weighted by molar-refractivity contribution is 5.39. The summed E-state index contributed by atoms with van der Waals surface area (Å²) in [5.74, 6) is 1.85. The zero-order valence-electron chi connectivity index (χ0n) is 10.5. The van der Waals surface area contributed by atoms with Gasteiger partial charge in [-0.2, -0.15) is 0 Å². The second-order valence-electron chi connectivity index (χ2n) is 3.89. The van der Waals surface area contributed by atoms with E-state index in [0.29, 0.717) is 6.54 Å². The molecule has 0 amide bonds. The first-order valence-electron chi connectivity index (χ1n) is 6.00. The van der Waals surface area contributed by atoms with Crippen molar-refractivity contribution in [2.45, 2.75) is 33.6 Å². The molecule has 1 aromatic rings. The van der Waals surface area contributed by atoms with Gasteiger partial charge in [0.15, 0.2) is 0 Å². The molecule has 4 heteroatoms. The lowest BCUT2D eigenvalue weighted by Crippen LogP contribution is -2.31. The Labute approximate surface area is 97.9 Å². The molecule has 0 aliphatic heterocycles. The highest BCUT2D eigenvalue weighted by atomic mass is 15.2. The number of anilines is 1. The largest absolute Gasteiger partial charge is 0.355 e. The molecular weight excluding hydrogens is 200 g/mol. The van der Waals surface area contributed by atoms with E-state index in [0.717, 1.165) is 43.3 Å². The van der Waals surface area contributed by atoms with Crippen LogP contribution in [0.4, 0.5) is 5.82 Å². The van der Waals surface area contributed by atoms with Crippen molar-refractivity contribution in [2.24, 2.45) is 5.73 Å². The van der Waals surface area contributed by atoms with E-state index in [1.54, 1.807) is 0 Å². The van der Waals surface area contributed by atoms with Crippen LogP contribution in [0.5, 0.6) is 0 Å². The number of hydrogen-bond donors (Lipinski definition) is 1. The fourth-order valence-corrected chi connectivity index (χ4v) is 1.72. The van der Waals surface area contributed by atoms with Crippen molar-refractivity contribution < 1.29 is 0 Å². The molecule has 0 aliphatic carbocycles. The van der Waals surface area contributed by atoms with E-state index in [1.165, 1.54) is 0 Å². The van der Waals surface area contributed by atoms with Gasteiger partial charge < -0.3 is 10.6 Å². The topological polar surface area (TPSA) is 55.0 Å². The fraction of sp³-hybridized carbons (Fsp3) is 0.667. The van der Waals surface area contributed by atoms with Gasteiger partial charge in [-0.3, -0.25) is 0 Å². The van der Waals surface area contributed by atoms with Crippen LogP contribution in [0.2, 0.25) is 0 Å². The van der Waals surface area contributed by atoms with Crippen LogP contribution in [0, 0.1) is 6.92 Å². The van der Waals surface area contributed by atoms with Crippen LogP contribution >= 0.6 is 0 Å². The van der Waals surface area contributed by atoms with Gasteiger partial charge in [-0.15, -0.1) is 0 Å². The van der Waals surface area contributed by atoms with E-state index in [1.807, 2.05) is 6.92 Å². The number of hydrogen-bond acceptors (Lipinski definition) is 4. The molecule has 90 valence electrons. The lowest BCUT2D eigenvalue weighted by molar-refractivity contribution is 0.743. The third kappa shape index (κ3) is 3.45. The molecule has 0 fully saturated rings. The minimum Gasteiger partial charge on any atom is -0.355 e. The van der Waals surface area contributed by atoms with Crippen molar-refractivity contribution in [3.05, 3.63) is 17.6 Å². The Balaban J connectivity index is 2.93. The second kappa shape index (κ2) is 6.43. The molecule has 1 rings (SSSR count). The summed E-state index contributed by atoms with van der Waals surface area (Å²) in [6.07, 6.45) is 2.05. The number of aromatic nitrogens is 2. The Morgan fingerprint density at radius 1 is 1.25 bits per heavy atom. The van der Waals surface area contributed by atoms with Gasteiger partial charge >= 0.3 is 0 Å². The lowest BCUT2D eigenvalue weighted by Gasteiger charge is -2.23. The highest BCUT2D eigenvalue weighted by Crippen LogP contribution is 2.13. The summed E-state index contributed by atoms with van der Waals surface area (Å²) in [4.78, 5) is 11.1. The molecule has 0 radical (unpaired) electrons. The smallest absolute Gasteiger partial charge is 0.132 e. The lowest BCUT2D eigenvalue weighted by atomic mass is 10.3. The van der Waals surface area contributed by atoms with Gasteiger partial charge in [-0.05, 0) is 19.8 Å². The Morgan fingerprint density at radius 2 is 2.00 bits per heavy atom. The van der Waals surface area contributed by atoms with Crippen molar-refractivity contribution in [3.63, 3.8) is 0 Å². The third-order valence-corrected chi connectivity index (χ3v) is 2.46. The maximum atomic E-state index is 5.62. The summed E-state index contributed by atoms with van der Waals surface area (Å²) in [6, 6.07) is 2.07. The van der Waals surface area contributed by atoms with Gasteiger partial charge in [0.2, 0.25) is 0 Å². The third-order valence-electron chi connectivity index (χ3n) is 2.46. The molecule has 0 atom stereocenters. The molecular formula is C12H22N4. The highest BCUT2D eigenvalue weighted by Gasteiger charge is 2.08. The number of aryl methyl sites for hydroxylation is 2. The van der Waals surface area contributed by atoms with Gasteiger partial charge in [0.05, 0.1) is 0 Å². The normalized spacial score (nSPS) is 10.5. The number of rotatable bonds is 6. The fourth-order valence-electron chi connectivity index (χ4n) is 1.72.